The number of likely N-dealkylation sites (N-methyl/N-ethyl adjacent to an activating group) is 1. The number of benzene rings is 1. The van der Waals surface area contributed by atoms with Gasteiger partial charge >= 0.3 is 5.97 Å². The molecular formula is C14H16N4O3. The number of carboxylic acids is 1. The zero-order valence-electron chi connectivity index (χ0n) is 12.0. The Morgan fingerprint density at radius 2 is 1.90 bits per heavy atom. The van der Waals surface area contributed by atoms with E-state index < -0.39 is 17.9 Å². The van der Waals surface area contributed by atoms with Gasteiger partial charge in [-0.2, -0.15) is 0 Å². The quantitative estimate of drug-likeness (QED) is 0.910. The Balaban J connectivity index is 2.33. The van der Waals surface area contributed by atoms with Crippen LogP contribution in [0.25, 0.3) is 5.69 Å². The second-order valence-electron chi connectivity index (χ2n) is 4.70. The van der Waals surface area contributed by atoms with Gasteiger partial charge in [-0.1, -0.05) is 23.4 Å². The molecular weight excluding hydrogens is 272 g/mol. The number of aliphatic carboxylic acids is 1. The van der Waals surface area contributed by atoms with Gasteiger partial charge in [0.15, 0.2) is 5.69 Å². The molecule has 0 fully saturated rings. The Hall–Kier alpha value is -2.70. The number of amides is 1. The average Bonchev–Trinajstić information content (AvgIpc) is 2.87. The number of aromatic nitrogens is 3. The first-order valence-corrected chi connectivity index (χ1v) is 6.41. The molecule has 0 saturated heterocycles. The standard InChI is InChI=1S/C14H16N4O3/c1-9-12(13(19)17(3)10(2)14(20)21)15-16-18(9)11-7-5-4-6-8-11/h4-8,10H,1-3H3,(H,20,21). The molecule has 1 aromatic heterocycles. The second-order valence-corrected chi connectivity index (χ2v) is 4.70. The zero-order chi connectivity index (χ0) is 15.6. The van der Waals surface area contributed by atoms with E-state index in [2.05, 4.69) is 10.3 Å². The highest BCUT2D eigenvalue weighted by atomic mass is 16.4. The summed E-state index contributed by atoms with van der Waals surface area (Å²) < 4.78 is 1.55. The molecule has 0 spiro atoms. The van der Waals surface area contributed by atoms with Crippen LogP contribution in [-0.2, 0) is 4.79 Å². The van der Waals surface area contributed by atoms with E-state index in [0.29, 0.717) is 5.69 Å². The van der Waals surface area contributed by atoms with Crippen molar-refractivity contribution in [3.63, 3.8) is 0 Å². The fraction of sp³-hybridized carbons (Fsp3) is 0.286. The number of hydrogen-bond donors (Lipinski definition) is 1. The molecule has 0 radical (unpaired) electrons. The normalized spacial score (nSPS) is 12.0. The first kappa shape index (κ1) is 14.7. The zero-order valence-corrected chi connectivity index (χ0v) is 12.0. The summed E-state index contributed by atoms with van der Waals surface area (Å²) in [7, 11) is 1.43. The number of rotatable bonds is 4. The summed E-state index contributed by atoms with van der Waals surface area (Å²) in [6.45, 7) is 3.16. The molecule has 0 bridgehead atoms. The van der Waals surface area contributed by atoms with E-state index in [4.69, 9.17) is 5.11 Å². The predicted octanol–water partition coefficient (Wildman–Crippen LogP) is 1.12. The molecule has 7 nitrogen and oxygen atoms in total. The Kier molecular flexibility index (Phi) is 4.02. The van der Waals surface area contributed by atoms with Crippen LogP contribution in [0.5, 0.6) is 0 Å². The maximum absolute atomic E-state index is 12.3. The highest BCUT2D eigenvalue weighted by Crippen LogP contribution is 2.14. The van der Waals surface area contributed by atoms with Crippen molar-refractivity contribution >= 4 is 11.9 Å². The average molecular weight is 288 g/mol. The van der Waals surface area contributed by atoms with Crippen LogP contribution in [0.1, 0.15) is 23.1 Å². The van der Waals surface area contributed by atoms with Gasteiger partial charge in [0.25, 0.3) is 5.91 Å². The van der Waals surface area contributed by atoms with Gasteiger partial charge < -0.3 is 10.0 Å². The molecule has 1 amide bonds. The van der Waals surface area contributed by atoms with Crippen LogP contribution < -0.4 is 0 Å². The van der Waals surface area contributed by atoms with Crippen LogP contribution in [0.3, 0.4) is 0 Å². The summed E-state index contributed by atoms with van der Waals surface area (Å²) in [5.41, 5.74) is 1.50. The van der Waals surface area contributed by atoms with Crippen molar-refractivity contribution in [2.75, 3.05) is 7.05 Å². The molecule has 21 heavy (non-hydrogen) atoms. The number of para-hydroxylation sites is 1. The lowest BCUT2D eigenvalue weighted by molar-refractivity contribution is -0.141. The minimum atomic E-state index is -1.07. The Morgan fingerprint density at radius 1 is 1.29 bits per heavy atom. The van der Waals surface area contributed by atoms with Gasteiger partial charge in [-0.3, -0.25) is 4.79 Å². The number of nitrogens with zero attached hydrogens (tertiary/aromatic N) is 4. The molecule has 2 aromatic rings. The van der Waals surface area contributed by atoms with Crippen LogP contribution in [0.2, 0.25) is 0 Å². The summed E-state index contributed by atoms with van der Waals surface area (Å²) in [4.78, 5) is 24.4. The molecule has 0 aliphatic heterocycles. The molecule has 1 N–H and O–H groups in total. The molecule has 0 aliphatic rings. The molecule has 7 heteroatoms. The molecule has 1 atom stereocenters. The van der Waals surface area contributed by atoms with E-state index in [9.17, 15) is 9.59 Å². The minimum Gasteiger partial charge on any atom is -0.480 e. The van der Waals surface area contributed by atoms with E-state index in [1.165, 1.54) is 14.0 Å². The summed E-state index contributed by atoms with van der Waals surface area (Å²) in [5, 5.41) is 16.8. The fourth-order valence-electron chi connectivity index (χ4n) is 1.85. The molecule has 1 unspecified atom stereocenters. The van der Waals surface area contributed by atoms with Crippen molar-refractivity contribution in [1.82, 2.24) is 19.9 Å². The maximum Gasteiger partial charge on any atom is 0.326 e. The number of carbonyl (C=O) groups excluding carboxylic acids is 1. The van der Waals surface area contributed by atoms with Gasteiger partial charge in [0.05, 0.1) is 11.4 Å². The van der Waals surface area contributed by atoms with Crippen molar-refractivity contribution in [1.29, 1.82) is 0 Å². The van der Waals surface area contributed by atoms with E-state index in [1.54, 1.807) is 11.6 Å². The van der Waals surface area contributed by atoms with Crippen molar-refractivity contribution in [2.24, 2.45) is 0 Å². The smallest absolute Gasteiger partial charge is 0.326 e. The molecule has 1 aromatic carbocycles. The van der Waals surface area contributed by atoms with E-state index >= 15 is 0 Å². The SMILES string of the molecule is Cc1c(C(=O)N(C)C(C)C(=O)O)nnn1-c1ccccc1. The second kappa shape index (κ2) is 5.74. The van der Waals surface area contributed by atoms with E-state index in [-0.39, 0.29) is 5.69 Å². The molecule has 2 rings (SSSR count). The third kappa shape index (κ3) is 2.76. The number of carbonyl (C=O) groups is 2. The lowest BCUT2D eigenvalue weighted by Crippen LogP contribution is -2.40. The van der Waals surface area contributed by atoms with Crippen molar-refractivity contribution in [3.8, 4) is 5.69 Å². The van der Waals surface area contributed by atoms with E-state index in [1.807, 2.05) is 30.3 Å². The largest absolute Gasteiger partial charge is 0.480 e. The minimum absolute atomic E-state index is 0.148. The van der Waals surface area contributed by atoms with Gasteiger partial charge in [0.1, 0.15) is 6.04 Å². The highest BCUT2D eigenvalue weighted by Gasteiger charge is 2.27. The van der Waals surface area contributed by atoms with Crippen LogP contribution in [0.15, 0.2) is 30.3 Å². The summed E-state index contributed by atoms with van der Waals surface area (Å²) >= 11 is 0. The van der Waals surface area contributed by atoms with Gasteiger partial charge in [-0.05, 0) is 26.0 Å². The molecule has 0 aliphatic carbocycles. The lowest BCUT2D eigenvalue weighted by atomic mass is 10.2. The predicted molar refractivity (Wildman–Crippen MR) is 75.3 cm³/mol. The Morgan fingerprint density at radius 3 is 2.48 bits per heavy atom. The highest BCUT2D eigenvalue weighted by molar-refractivity contribution is 5.95. The molecule has 110 valence electrons. The third-order valence-electron chi connectivity index (χ3n) is 3.36. The molecule has 0 saturated carbocycles. The van der Waals surface area contributed by atoms with Gasteiger partial charge in [0, 0.05) is 7.05 Å². The summed E-state index contributed by atoms with van der Waals surface area (Å²) in [6, 6.07) is 8.36. The Labute approximate surface area is 121 Å². The maximum atomic E-state index is 12.3. The van der Waals surface area contributed by atoms with Crippen molar-refractivity contribution < 1.29 is 14.7 Å². The number of hydrogen-bond acceptors (Lipinski definition) is 4. The van der Waals surface area contributed by atoms with E-state index in [0.717, 1.165) is 10.6 Å². The summed E-state index contributed by atoms with van der Waals surface area (Å²) in [6.07, 6.45) is 0. The van der Waals surface area contributed by atoms with Crippen LogP contribution >= 0.6 is 0 Å². The van der Waals surface area contributed by atoms with Crippen molar-refractivity contribution in [2.45, 2.75) is 19.9 Å². The van der Waals surface area contributed by atoms with Crippen LogP contribution in [0, 0.1) is 6.92 Å². The topological polar surface area (TPSA) is 88.3 Å². The van der Waals surface area contributed by atoms with Crippen LogP contribution in [0.4, 0.5) is 0 Å². The molecule has 1 heterocycles. The third-order valence-corrected chi connectivity index (χ3v) is 3.36. The lowest BCUT2D eigenvalue weighted by Gasteiger charge is -2.20. The van der Waals surface area contributed by atoms with Gasteiger partial charge in [-0.25, -0.2) is 9.48 Å². The van der Waals surface area contributed by atoms with Crippen LogP contribution in [-0.4, -0.2) is 50.0 Å². The first-order valence-electron chi connectivity index (χ1n) is 6.41. The number of carboxylic acid groups (broad SMARTS) is 1. The van der Waals surface area contributed by atoms with Gasteiger partial charge in [-0.15, -0.1) is 5.10 Å². The monoisotopic (exact) mass is 288 g/mol. The van der Waals surface area contributed by atoms with Crippen molar-refractivity contribution in [3.05, 3.63) is 41.7 Å². The fourth-order valence-corrected chi connectivity index (χ4v) is 1.85. The first-order chi connectivity index (χ1) is 9.93. The Bertz CT molecular complexity index is 666. The summed E-state index contributed by atoms with van der Waals surface area (Å²) in [5.74, 6) is -1.54. The van der Waals surface area contributed by atoms with Gasteiger partial charge in [0.2, 0.25) is 0 Å².